The molecule has 0 saturated carbocycles. The summed E-state index contributed by atoms with van der Waals surface area (Å²) in [6, 6.07) is 19.0. The normalized spacial score (nSPS) is 15.4. The van der Waals surface area contributed by atoms with Crippen LogP contribution in [0.25, 0.3) is 5.69 Å². The zero-order valence-electron chi connectivity index (χ0n) is 16.7. The molecule has 3 aromatic rings. The summed E-state index contributed by atoms with van der Waals surface area (Å²) in [5, 5.41) is 18.2. The zero-order valence-corrected chi connectivity index (χ0v) is 16.7. The van der Waals surface area contributed by atoms with Gasteiger partial charge in [0.15, 0.2) is 5.69 Å². The van der Waals surface area contributed by atoms with E-state index >= 15 is 0 Å². The minimum absolute atomic E-state index is 0.144. The average Bonchev–Trinajstić information content (AvgIpc) is 3.31. The Morgan fingerprint density at radius 2 is 1.77 bits per heavy atom. The van der Waals surface area contributed by atoms with Crippen molar-refractivity contribution in [2.75, 3.05) is 33.3 Å². The van der Waals surface area contributed by atoms with Crippen LogP contribution in [-0.2, 0) is 0 Å². The molecule has 1 aliphatic rings. The summed E-state index contributed by atoms with van der Waals surface area (Å²) in [7, 11) is 1.62. The van der Waals surface area contributed by atoms with Gasteiger partial charge in [0, 0.05) is 26.2 Å². The van der Waals surface area contributed by atoms with Crippen molar-refractivity contribution in [1.29, 1.82) is 5.26 Å². The molecule has 0 aliphatic carbocycles. The first-order chi connectivity index (χ1) is 14.7. The SMILES string of the molecule is COc1ccc(C(C#N)N2CCN(C(=O)c3cnn(-c4ccccc4)n3)CC2)cc1. The number of rotatable bonds is 5. The lowest BCUT2D eigenvalue weighted by molar-refractivity contribution is 0.0600. The zero-order chi connectivity index (χ0) is 20.9. The second-order valence-electron chi connectivity index (χ2n) is 6.99. The van der Waals surface area contributed by atoms with Gasteiger partial charge in [0.1, 0.15) is 11.8 Å². The number of hydrogen-bond acceptors (Lipinski definition) is 6. The Kier molecular flexibility index (Phi) is 5.72. The molecule has 2 aromatic carbocycles. The highest BCUT2D eigenvalue weighted by molar-refractivity contribution is 5.92. The number of carbonyl (C=O) groups excluding carboxylic acids is 1. The van der Waals surface area contributed by atoms with Crippen LogP contribution in [-0.4, -0.2) is 64.0 Å². The van der Waals surface area contributed by atoms with Crippen molar-refractivity contribution in [3.05, 3.63) is 72.1 Å². The number of para-hydroxylation sites is 1. The summed E-state index contributed by atoms with van der Waals surface area (Å²) in [6.07, 6.45) is 1.50. The van der Waals surface area contributed by atoms with Crippen LogP contribution in [0.15, 0.2) is 60.8 Å². The average molecular weight is 402 g/mol. The molecule has 8 nitrogen and oxygen atoms in total. The van der Waals surface area contributed by atoms with Gasteiger partial charge in [-0.3, -0.25) is 9.69 Å². The molecule has 0 radical (unpaired) electrons. The fourth-order valence-electron chi connectivity index (χ4n) is 3.55. The molecule has 30 heavy (non-hydrogen) atoms. The van der Waals surface area contributed by atoms with Crippen LogP contribution >= 0.6 is 0 Å². The molecular weight excluding hydrogens is 380 g/mol. The molecule has 1 fully saturated rings. The van der Waals surface area contributed by atoms with E-state index in [2.05, 4.69) is 21.2 Å². The van der Waals surface area contributed by atoms with Crippen LogP contribution in [0.3, 0.4) is 0 Å². The molecule has 0 N–H and O–H groups in total. The van der Waals surface area contributed by atoms with Gasteiger partial charge >= 0.3 is 0 Å². The first-order valence-electron chi connectivity index (χ1n) is 9.74. The number of nitriles is 1. The van der Waals surface area contributed by atoms with Gasteiger partial charge in [0.05, 0.1) is 25.1 Å². The molecule has 1 amide bonds. The van der Waals surface area contributed by atoms with Crippen LogP contribution in [0.2, 0.25) is 0 Å². The second kappa shape index (κ2) is 8.76. The van der Waals surface area contributed by atoms with Gasteiger partial charge in [-0.15, -0.1) is 5.10 Å². The third-order valence-corrected chi connectivity index (χ3v) is 5.22. The molecular formula is C22H22N6O2. The lowest BCUT2D eigenvalue weighted by Gasteiger charge is -2.36. The summed E-state index contributed by atoms with van der Waals surface area (Å²) in [4.78, 5) is 18.2. The summed E-state index contributed by atoms with van der Waals surface area (Å²) in [5.41, 5.74) is 2.04. The molecule has 0 spiro atoms. The van der Waals surface area contributed by atoms with Gasteiger partial charge in [0.25, 0.3) is 5.91 Å². The topological polar surface area (TPSA) is 87.3 Å². The van der Waals surface area contributed by atoms with Crippen molar-refractivity contribution in [2.24, 2.45) is 0 Å². The Balaban J connectivity index is 1.39. The Hall–Kier alpha value is -3.70. The third kappa shape index (κ3) is 4.02. The predicted octanol–water partition coefficient (Wildman–Crippen LogP) is 2.30. The van der Waals surface area contributed by atoms with E-state index in [9.17, 15) is 10.1 Å². The van der Waals surface area contributed by atoms with E-state index in [1.165, 1.54) is 11.0 Å². The number of hydrogen-bond donors (Lipinski definition) is 0. The van der Waals surface area contributed by atoms with Crippen LogP contribution < -0.4 is 4.74 Å². The number of methoxy groups -OCH3 is 1. The molecule has 4 rings (SSSR count). The van der Waals surface area contributed by atoms with E-state index in [4.69, 9.17) is 4.74 Å². The van der Waals surface area contributed by atoms with E-state index in [1.807, 2.05) is 54.6 Å². The monoisotopic (exact) mass is 402 g/mol. The third-order valence-electron chi connectivity index (χ3n) is 5.22. The van der Waals surface area contributed by atoms with Crippen LogP contribution in [0, 0.1) is 11.3 Å². The van der Waals surface area contributed by atoms with Crippen LogP contribution in [0.5, 0.6) is 5.75 Å². The number of benzene rings is 2. The van der Waals surface area contributed by atoms with Gasteiger partial charge in [-0.25, -0.2) is 0 Å². The van der Waals surface area contributed by atoms with Crippen molar-refractivity contribution in [3.8, 4) is 17.5 Å². The molecule has 0 bridgehead atoms. The highest BCUT2D eigenvalue weighted by Gasteiger charge is 2.28. The summed E-state index contributed by atoms with van der Waals surface area (Å²) < 4.78 is 5.19. The van der Waals surface area contributed by atoms with Gasteiger partial charge in [0.2, 0.25) is 0 Å². The number of amides is 1. The van der Waals surface area contributed by atoms with Crippen LogP contribution in [0.4, 0.5) is 0 Å². The lowest BCUT2D eigenvalue weighted by Crippen LogP contribution is -2.49. The van der Waals surface area contributed by atoms with Gasteiger partial charge < -0.3 is 9.64 Å². The maximum absolute atomic E-state index is 12.8. The molecule has 2 heterocycles. The van der Waals surface area contributed by atoms with E-state index < -0.39 is 0 Å². The minimum Gasteiger partial charge on any atom is -0.497 e. The van der Waals surface area contributed by atoms with Crippen molar-refractivity contribution < 1.29 is 9.53 Å². The van der Waals surface area contributed by atoms with E-state index in [-0.39, 0.29) is 11.9 Å². The number of carbonyl (C=O) groups is 1. The van der Waals surface area contributed by atoms with E-state index in [0.29, 0.717) is 31.9 Å². The van der Waals surface area contributed by atoms with Crippen molar-refractivity contribution in [3.63, 3.8) is 0 Å². The fourth-order valence-corrected chi connectivity index (χ4v) is 3.55. The Morgan fingerprint density at radius 1 is 1.07 bits per heavy atom. The maximum atomic E-state index is 12.8. The van der Waals surface area contributed by atoms with E-state index in [0.717, 1.165) is 17.0 Å². The summed E-state index contributed by atoms with van der Waals surface area (Å²) in [6.45, 7) is 2.29. The molecule has 1 unspecified atom stereocenters. The largest absolute Gasteiger partial charge is 0.497 e. The number of aromatic nitrogens is 3. The number of ether oxygens (including phenoxy) is 1. The second-order valence-corrected chi connectivity index (χ2v) is 6.99. The Labute approximate surface area is 174 Å². The minimum atomic E-state index is -0.355. The van der Waals surface area contributed by atoms with Crippen molar-refractivity contribution in [1.82, 2.24) is 24.8 Å². The standard InChI is InChI=1S/C22H22N6O2/c1-30-19-9-7-17(8-10-19)21(15-23)26-11-13-27(14-12-26)22(29)20-16-24-28(25-20)18-5-3-2-4-6-18/h2-10,16,21H,11-14H2,1H3. The summed E-state index contributed by atoms with van der Waals surface area (Å²) in [5.74, 6) is 0.615. The fraction of sp³-hybridized carbons (Fsp3) is 0.273. The van der Waals surface area contributed by atoms with Crippen molar-refractivity contribution in [2.45, 2.75) is 6.04 Å². The quantitative estimate of drug-likeness (QED) is 0.651. The van der Waals surface area contributed by atoms with Gasteiger partial charge in [-0.1, -0.05) is 30.3 Å². The Morgan fingerprint density at radius 3 is 2.40 bits per heavy atom. The van der Waals surface area contributed by atoms with E-state index in [1.54, 1.807) is 12.0 Å². The molecule has 1 aliphatic heterocycles. The first-order valence-corrected chi connectivity index (χ1v) is 9.74. The Bertz CT molecular complexity index is 1030. The van der Waals surface area contributed by atoms with Crippen molar-refractivity contribution >= 4 is 5.91 Å². The highest BCUT2D eigenvalue weighted by atomic mass is 16.5. The smallest absolute Gasteiger partial charge is 0.276 e. The molecule has 1 saturated heterocycles. The first kappa shape index (κ1) is 19.6. The highest BCUT2D eigenvalue weighted by Crippen LogP contribution is 2.24. The molecule has 1 atom stereocenters. The molecule has 8 heteroatoms. The van der Waals surface area contributed by atoms with Gasteiger partial charge in [-0.05, 0) is 29.8 Å². The molecule has 152 valence electrons. The lowest BCUT2D eigenvalue weighted by atomic mass is 10.1. The van der Waals surface area contributed by atoms with Crippen LogP contribution in [0.1, 0.15) is 22.1 Å². The molecule has 1 aromatic heterocycles. The number of piperazine rings is 1. The number of nitrogens with zero attached hydrogens (tertiary/aromatic N) is 6. The van der Waals surface area contributed by atoms with Gasteiger partial charge in [-0.2, -0.15) is 15.2 Å². The summed E-state index contributed by atoms with van der Waals surface area (Å²) >= 11 is 0. The maximum Gasteiger partial charge on any atom is 0.276 e. The predicted molar refractivity (Wildman–Crippen MR) is 110 cm³/mol.